The molecule has 0 N–H and O–H groups in total. The van der Waals surface area contributed by atoms with Gasteiger partial charge in [0.15, 0.2) is 0 Å². The van der Waals surface area contributed by atoms with E-state index in [9.17, 15) is 0 Å². The van der Waals surface area contributed by atoms with E-state index in [2.05, 4.69) is 37.6 Å². The largest absolute Gasteiger partial charge is 0.381 e. The molecular formula is C14H16BrClN2O. The van der Waals surface area contributed by atoms with Crippen molar-refractivity contribution in [3.8, 4) is 0 Å². The molecule has 2 aromatic rings. The third-order valence-corrected chi connectivity index (χ3v) is 4.34. The molecule has 0 amide bonds. The number of ether oxygens (including phenoxy) is 1. The standard InChI is InChI=1S/C14H16BrClN2O/c15-11-3-4-13-12(6-11)17-14(7-16)18(13)8-10-2-1-5-19-9-10/h3-4,6,10H,1-2,5,7-9H2. The molecule has 1 saturated heterocycles. The predicted molar refractivity (Wildman–Crippen MR) is 80.5 cm³/mol. The highest BCUT2D eigenvalue weighted by Gasteiger charge is 2.18. The van der Waals surface area contributed by atoms with Crippen LogP contribution in [0.15, 0.2) is 22.7 Å². The normalized spacial score (nSPS) is 20.0. The van der Waals surface area contributed by atoms with Crippen LogP contribution in [0.3, 0.4) is 0 Å². The Morgan fingerprint density at radius 2 is 2.37 bits per heavy atom. The number of imidazole rings is 1. The number of nitrogens with zero attached hydrogens (tertiary/aromatic N) is 2. The van der Waals surface area contributed by atoms with E-state index in [0.29, 0.717) is 11.8 Å². The molecule has 1 aromatic heterocycles. The summed E-state index contributed by atoms with van der Waals surface area (Å²) < 4.78 is 8.85. The maximum Gasteiger partial charge on any atom is 0.124 e. The van der Waals surface area contributed by atoms with Gasteiger partial charge in [0.1, 0.15) is 5.82 Å². The molecule has 19 heavy (non-hydrogen) atoms. The first-order valence-corrected chi connectivity index (χ1v) is 7.89. The van der Waals surface area contributed by atoms with Crippen molar-refractivity contribution < 1.29 is 4.74 Å². The first-order chi connectivity index (χ1) is 9.28. The summed E-state index contributed by atoms with van der Waals surface area (Å²) in [5.74, 6) is 1.96. The predicted octanol–water partition coefficient (Wildman–Crippen LogP) is 3.96. The van der Waals surface area contributed by atoms with E-state index in [1.165, 1.54) is 6.42 Å². The Hall–Kier alpha value is -0.580. The summed E-state index contributed by atoms with van der Waals surface area (Å²) in [6.45, 7) is 2.69. The molecule has 0 radical (unpaired) electrons. The fraction of sp³-hybridized carbons (Fsp3) is 0.500. The Morgan fingerprint density at radius 3 is 3.11 bits per heavy atom. The molecule has 3 rings (SSSR count). The lowest BCUT2D eigenvalue weighted by Gasteiger charge is -2.23. The molecule has 1 aromatic carbocycles. The minimum absolute atomic E-state index is 0.444. The molecule has 0 spiro atoms. The lowest BCUT2D eigenvalue weighted by atomic mass is 10.0. The van der Waals surface area contributed by atoms with Gasteiger partial charge in [-0.2, -0.15) is 0 Å². The summed E-state index contributed by atoms with van der Waals surface area (Å²) in [4.78, 5) is 4.62. The first kappa shape index (κ1) is 13.4. The van der Waals surface area contributed by atoms with Gasteiger partial charge < -0.3 is 9.30 Å². The summed E-state index contributed by atoms with van der Waals surface area (Å²) >= 11 is 9.52. The van der Waals surface area contributed by atoms with Gasteiger partial charge in [0.05, 0.1) is 23.5 Å². The van der Waals surface area contributed by atoms with Crippen molar-refractivity contribution in [2.45, 2.75) is 25.3 Å². The second kappa shape index (κ2) is 5.81. The van der Waals surface area contributed by atoms with Gasteiger partial charge in [0.25, 0.3) is 0 Å². The van der Waals surface area contributed by atoms with E-state index < -0.39 is 0 Å². The highest BCUT2D eigenvalue weighted by Crippen LogP contribution is 2.24. The zero-order chi connectivity index (χ0) is 13.2. The van der Waals surface area contributed by atoms with Crippen LogP contribution in [0.4, 0.5) is 0 Å². The van der Waals surface area contributed by atoms with Gasteiger partial charge in [-0.3, -0.25) is 0 Å². The summed E-state index contributed by atoms with van der Waals surface area (Å²) in [5.41, 5.74) is 2.16. The molecule has 0 saturated carbocycles. The van der Waals surface area contributed by atoms with Gasteiger partial charge in [0.2, 0.25) is 0 Å². The second-order valence-corrected chi connectivity index (χ2v) is 6.17. The van der Waals surface area contributed by atoms with E-state index in [0.717, 1.165) is 47.5 Å². The number of hydrogen-bond donors (Lipinski definition) is 0. The number of hydrogen-bond acceptors (Lipinski definition) is 2. The molecule has 1 unspecified atom stereocenters. The number of halogens is 2. The van der Waals surface area contributed by atoms with Crippen LogP contribution in [-0.4, -0.2) is 22.8 Å². The lowest BCUT2D eigenvalue weighted by Crippen LogP contribution is -2.22. The highest BCUT2D eigenvalue weighted by molar-refractivity contribution is 9.10. The molecule has 0 bridgehead atoms. The topological polar surface area (TPSA) is 27.1 Å². The number of fused-ring (bicyclic) bond motifs is 1. The summed E-state index contributed by atoms with van der Waals surface area (Å²) in [6.07, 6.45) is 2.37. The van der Waals surface area contributed by atoms with Crippen molar-refractivity contribution in [3.05, 3.63) is 28.5 Å². The fourth-order valence-corrected chi connectivity index (χ4v) is 3.22. The lowest BCUT2D eigenvalue weighted by molar-refractivity contribution is 0.0485. The molecule has 1 fully saturated rings. The van der Waals surface area contributed by atoms with E-state index in [1.807, 2.05) is 6.07 Å². The van der Waals surface area contributed by atoms with Crippen LogP contribution in [-0.2, 0) is 17.2 Å². The Bertz CT molecular complexity index is 578. The first-order valence-electron chi connectivity index (χ1n) is 6.56. The van der Waals surface area contributed by atoms with Crippen LogP contribution >= 0.6 is 27.5 Å². The van der Waals surface area contributed by atoms with Gasteiger partial charge in [-0.1, -0.05) is 15.9 Å². The summed E-state index contributed by atoms with van der Waals surface area (Å²) in [7, 11) is 0. The summed E-state index contributed by atoms with van der Waals surface area (Å²) in [5, 5.41) is 0. The number of aromatic nitrogens is 2. The minimum Gasteiger partial charge on any atom is -0.381 e. The van der Waals surface area contributed by atoms with Crippen LogP contribution in [0, 0.1) is 5.92 Å². The number of benzene rings is 1. The van der Waals surface area contributed by atoms with Gasteiger partial charge in [-0.15, -0.1) is 11.6 Å². The monoisotopic (exact) mass is 342 g/mol. The highest BCUT2D eigenvalue weighted by atomic mass is 79.9. The smallest absolute Gasteiger partial charge is 0.124 e. The van der Waals surface area contributed by atoms with E-state index in [-0.39, 0.29) is 0 Å². The Balaban J connectivity index is 1.95. The molecule has 5 heteroatoms. The minimum atomic E-state index is 0.444. The average Bonchev–Trinajstić information content (AvgIpc) is 2.77. The van der Waals surface area contributed by atoms with Crippen molar-refractivity contribution in [2.24, 2.45) is 5.92 Å². The van der Waals surface area contributed by atoms with Crippen molar-refractivity contribution >= 4 is 38.6 Å². The van der Waals surface area contributed by atoms with Crippen molar-refractivity contribution in [2.75, 3.05) is 13.2 Å². The van der Waals surface area contributed by atoms with Crippen LogP contribution in [0.25, 0.3) is 11.0 Å². The van der Waals surface area contributed by atoms with Crippen molar-refractivity contribution in [3.63, 3.8) is 0 Å². The average molecular weight is 344 g/mol. The molecule has 102 valence electrons. The van der Waals surface area contributed by atoms with Crippen LogP contribution in [0.2, 0.25) is 0 Å². The van der Waals surface area contributed by atoms with Gasteiger partial charge in [-0.05, 0) is 31.0 Å². The van der Waals surface area contributed by atoms with Crippen LogP contribution in [0.1, 0.15) is 18.7 Å². The van der Waals surface area contributed by atoms with E-state index in [4.69, 9.17) is 16.3 Å². The Labute approximate surface area is 126 Å². The molecule has 3 nitrogen and oxygen atoms in total. The fourth-order valence-electron chi connectivity index (χ4n) is 2.67. The molecule has 1 aliphatic heterocycles. The van der Waals surface area contributed by atoms with Gasteiger partial charge in [0, 0.05) is 23.5 Å². The van der Waals surface area contributed by atoms with Crippen molar-refractivity contribution in [1.82, 2.24) is 9.55 Å². The van der Waals surface area contributed by atoms with E-state index >= 15 is 0 Å². The Kier molecular flexibility index (Phi) is 4.10. The molecular weight excluding hydrogens is 328 g/mol. The summed E-state index contributed by atoms with van der Waals surface area (Å²) in [6, 6.07) is 6.20. The number of rotatable bonds is 3. The zero-order valence-corrected chi connectivity index (χ0v) is 13.0. The molecule has 1 atom stereocenters. The third-order valence-electron chi connectivity index (χ3n) is 3.60. The second-order valence-electron chi connectivity index (χ2n) is 4.99. The molecule has 2 heterocycles. The van der Waals surface area contributed by atoms with Crippen LogP contribution < -0.4 is 0 Å². The van der Waals surface area contributed by atoms with Gasteiger partial charge in [-0.25, -0.2) is 4.98 Å². The molecule has 0 aliphatic carbocycles. The van der Waals surface area contributed by atoms with Crippen LogP contribution in [0.5, 0.6) is 0 Å². The SMILES string of the molecule is ClCc1nc2cc(Br)ccc2n1CC1CCCOC1. The van der Waals surface area contributed by atoms with E-state index in [1.54, 1.807) is 0 Å². The quantitative estimate of drug-likeness (QED) is 0.789. The zero-order valence-electron chi connectivity index (χ0n) is 10.6. The third kappa shape index (κ3) is 2.81. The van der Waals surface area contributed by atoms with Crippen molar-refractivity contribution in [1.29, 1.82) is 0 Å². The maximum absolute atomic E-state index is 6.03. The number of alkyl halides is 1. The van der Waals surface area contributed by atoms with Gasteiger partial charge >= 0.3 is 0 Å². The maximum atomic E-state index is 6.03. The molecule has 1 aliphatic rings. The Morgan fingerprint density at radius 1 is 1.47 bits per heavy atom.